The first kappa shape index (κ1) is 25.4. The van der Waals surface area contributed by atoms with Crippen LogP contribution in [0.2, 0.25) is 0 Å². The first-order chi connectivity index (χ1) is 16.9. The fourth-order valence-corrected chi connectivity index (χ4v) is 5.53. The van der Waals surface area contributed by atoms with Crippen molar-refractivity contribution in [2.45, 2.75) is 23.5 Å². The zero-order valence-corrected chi connectivity index (χ0v) is 20.7. The number of hydrogen-bond acceptors (Lipinski definition) is 8. The molecule has 2 heterocycles. The molecule has 4 rings (SSSR count). The van der Waals surface area contributed by atoms with E-state index in [4.69, 9.17) is 19.5 Å². The Labute approximate surface area is 207 Å². The van der Waals surface area contributed by atoms with E-state index in [0.717, 1.165) is 44.9 Å². The van der Waals surface area contributed by atoms with Crippen molar-refractivity contribution in [1.29, 1.82) is 5.26 Å². The highest BCUT2D eigenvalue weighted by Gasteiger charge is 2.34. The van der Waals surface area contributed by atoms with Gasteiger partial charge >= 0.3 is 0 Å². The molecule has 0 radical (unpaired) electrons. The SMILES string of the molecule is COc1ccc(S(=O)(=O)NCCN2CC3CN(CCCOc4ccc(C#N)cc4)CC(C2)O3)cc1. The average Bonchev–Trinajstić information content (AvgIpc) is 2.86. The number of nitrogens with one attached hydrogen (secondary N) is 1. The molecular weight excluding hydrogens is 468 g/mol. The van der Waals surface area contributed by atoms with Crippen LogP contribution in [0, 0.1) is 11.3 Å². The Kier molecular flexibility index (Phi) is 8.59. The van der Waals surface area contributed by atoms with Crippen LogP contribution >= 0.6 is 0 Å². The van der Waals surface area contributed by atoms with E-state index in [1.165, 1.54) is 0 Å². The van der Waals surface area contributed by atoms with Gasteiger partial charge < -0.3 is 14.2 Å². The lowest BCUT2D eigenvalue weighted by Gasteiger charge is -2.45. The summed E-state index contributed by atoms with van der Waals surface area (Å²) in [5.41, 5.74) is 0.626. The number of ether oxygens (including phenoxy) is 3. The van der Waals surface area contributed by atoms with Crippen LogP contribution < -0.4 is 14.2 Å². The number of hydrogen-bond donors (Lipinski definition) is 1. The Hall–Kier alpha value is -2.68. The Morgan fingerprint density at radius 2 is 1.57 bits per heavy atom. The Morgan fingerprint density at radius 3 is 2.17 bits per heavy atom. The number of methoxy groups -OCH3 is 1. The van der Waals surface area contributed by atoms with Crippen molar-refractivity contribution in [2.24, 2.45) is 0 Å². The number of sulfonamides is 1. The van der Waals surface area contributed by atoms with Crippen LogP contribution in [0.15, 0.2) is 53.4 Å². The Morgan fingerprint density at radius 1 is 0.971 bits per heavy atom. The minimum Gasteiger partial charge on any atom is -0.497 e. The van der Waals surface area contributed by atoms with E-state index < -0.39 is 10.0 Å². The van der Waals surface area contributed by atoms with Gasteiger partial charge in [-0.2, -0.15) is 5.26 Å². The second kappa shape index (κ2) is 11.8. The van der Waals surface area contributed by atoms with Gasteiger partial charge in [0.05, 0.1) is 42.5 Å². The first-order valence-electron chi connectivity index (χ1n) is 11.8. The smallest absolute Gasteiger partial charge is 0.240 e. The van der Waals surface area contributed by atoms with Gasteiger partial charge in [0, 0.05) is 45.8 Å². The van der Waals surface area contributed by atoms with Gasteiger partial charge in [0.15, 0.2) is 0 Å². The maximum Gasteiger partial charge on any atom is 0.240 e. The average molecular weight is 501 g/mol. The normalized spacial score (nSPS) is 20.8. The van der Waals surface area contributed by atoms with E-state index in [1.807, 2.05) is 12.1 Å². The van der Waals surface area contributed by atoms with Crippen molar-refractivity contribution in [1.82, 2.24) is 14.5 Å². The van der Waals surface area contributed by atoms with Crippen molar-refractivity contribution >= 4 is 10.0 Å². The number of rotatable bonds is 11. The molecule has 2 bridgehead atoms. The van der Waals surface area contributed by atoms with Crippen molar-refractivity contribution < 1.29 is 22.6 Å². The lowest BCUT2D eigenvalue weighted by Crippen LogP contribution is -2.60. The highest BCUT2D eigenvalue weighted by atomic mass is 32.2. The zero-order valence-electron chi connectivity index (χ0n) is 19.9. The quantitative estimate of drug-likeness (QED) is 0.465. The summed E-state index contributed by atoms with van der Waals surface area (Å²) in [7, 11) is -2.00. The summed E-state index contributed by atoms with van der Waals surface area (Å²) >= 11 is 0. The van der Waals surface area contributed by atoms with Gasteiger partial charge in [-0.05, 0) is 55.0 Å². The maximum atomic E-state index is 12.5. The fourth-order valence-electron chi connectivity index (χ4n) is 4.51. The van der Waals surface area contributed by atoms with Crippen LogP contribution in [0.3, 0.4) is 0 Å². The van der Waals surface area contributed by atoms with Gasteiger partial charge in [0.1, 0.15) is 11.5 Å². The molecule has 2 fully saturated rings. The maximum absolute atomic E-state index is 12.5. The molecule has 188 valence electrons. The first-order valence-corrected chi connectivity index (χ1v) is 13.3. The van der Waals surface area contributed by atoms with Crippen molar-refractivity contribution in [2.75, 3.05) is 59.5 Å². The topological polar surface area (TPSA) is 104 Å². The van der Waals surface area contributed by atoms with Crippen LogP contribution in [0.4, 0.5) is 0 Å². The summed E-state index contributed by atoms with van der Waals surface area (Å²) < 4.78 is 44.8. The molecule has 1 N–H and O–H groups in total. The molecule has 2 aliphatic heterocycles. The van der Waals surface area contributed by atoms with Gasteiger partial charge in [-0.25, -0.2) is 13.1 Å². The van der Waals surface area contributed by atoms with Gasteiger partial charge in [0.2, 0.25) is 10.0 Å². The summed E-state index contributed by atoms with van der Waals surface area (Å²) in [5.74, 6) is 1.40. The Balaban J connectivity index is 1.15. The van der Waals surface area contributed by atoms with E-state index in [-0.39, 0.29) is 17.1 Å². The van der Waals surface area contributed by atoms with Crippen LogP contribution in [0.5, 0.6) is 11.5 Å². The molecule has 9 nitrogen and oxygen atoms in total. The minimum absolute atomic E-state index is 0.125. The summed E-state index contributed by atoms with van der Waals surface area (Å²) in [6.45, 7) is 5.86. The highest BCUT2D eigenvalue weighted by Crippen LogP contribution is 2.20. The molecule has 0 spiro atoms. The van der Waals surface area contributed by atoms with E-state index in [1.54, 1.807) is 43.5 Å². The molecule has 2 aromatic rings. The van der Waals surface area contributed by atoms with Crippen LogP contribution in [-0.4, -0.2) is 90.0 Å². The van der Waals surface area contributed by atoms with E-state index in [9.17, 15) is 8.42 Å². The van der Waals surface area contributed by atoms with E-state index in [2.05, 4.69) is 20.6 Å². The summed E-state index contributed by atoms with van der Waals surface area (Å²) in [4.78, 5) is 4.93. The second-order valence-corrected chi connectivity index (χ2v) is 10.6. The molecule has 2 aliphatic rings. The third-order valence-electron chi connectivity index (χ3n) is 6.19. The largest absolute Gasteiger partial charge is 0.497 e. The van der Waals surface area contributed by atoms with Gasteiger partial charge in [-0.1, -0.05) is 0 Å². The van der Waals surface area contributed by atoms with Gasteiger partial charge in [-0.3, -0.25) is 9.80 Å². The number of nitrogens with zero attached hydrogens (tertiary/aromatic N) is 3. The molecule has 35 heavy (non-hydrogen) atoms. The van der Waals surface area contributed by atoms with Crippen molar-refractivity contribution in [3.63, 3.8) is 0 Å². The van der Waals surface area contributed by atoms with Crippen LogP contribution in [0.25, 0.3) is 0 Å². The molecule has 10 heteroatoms. The molecule has 2 unspecified atom stereocenters. The monoisotopic (exact) mass is 500 g/mol. The fraction of sp³-hybridized carbons (Fsp3) is 0.480. The predicted octanol–water partition coefficient (Wildman–Crippen LogP) is 1.70. The molecule has 0 aromatic heterocycles. The summed E-state index contributed by atoms with van der Waals surface area (Å²) in [5, 5.41) is 8.86. The van der Waals surface area contributed by atoms with Gasteiger partial charge in [-0.15, -0.1) is 0 Å². The number of fused-ring (bicyclic) bond motifs is 2. The molecule has 2 aromatic carbocycles. The molecule has 0 saturated carbocycles. The molecule has 0 amide bonds. The van der Waals surface area contributed by atoms with Crippen molar-refractivity contribution in [3.8, 4) is 17.6 Å². The second-order valence-electron chi connectivity index (χ2n) is 8.81. The number of morpholine rings is 2. The van der Waals surface area contributed by atoms with E-state index >= 15 is 0 Å². The number of nitriles is 1. The third kappa shape index (κ3) is 7.16. The minimum atomic E-state index is -3.55. The molecule has 0 aliphatic carbocycles. The van der Waals surface area contributed by atoms with Crippen molar-refractivity contribution in [3.05, 3.63) is 54.1 Å². The van der Waals surface area contributed by atoms with Crippen LogP contribution in [0.1, 0.15) is 12.0 Å². The van der Waals surface area contributed by atoms with Gasteiger partial charge in [0.25, 0.3) is 0 Å². The Bertz CT molecular complexity index is 1090. The lowest BCUT2D eigenvalue weighted by molar-refractivity contribution is -0.138. The lowest BCUT2D eigenvalue weighted by atomic mass is 10.1. The van der Waals surface area contributed by atoms with E-state index in [0.29, 0.717) is 31.0 Å². The third-order valence-corrected chi connectivity index (χ3v) is 7.67. The molecule has 2 saturated heterocycles. The summed E-state index contributed by atoms with van der Waals surface area (Å²) in [6.07, 6.45) is 1.16. The number of benzene rings is 2. The molecular formula is C25H32N4O5S. The highest BCUT2D eigenvalue weighted by molar-refractivity contribution is 7.89. The predicted molar refractivity (Wildman–Crippen MR) is 131 cm³/mol. The summed E-state index contributed by atoms with van der Waals surface area (Å²) in [6, 6.07) is 15.6. The van der Waals surface area contributed by atoms with Crippen LogP contribution in [-0.2, 0) is 14.8 Å². The molecule has 2 atom stereocenters. The standard InChI is InChI=1S/C25H32N4O5S/c1-32-21-7-9-25(10-8-21)35(30,31)27-11-13-29-18-23-16-28(17-24(19-29)34-23)12-2-14-33-22-5-3-20(15-26)4-6-22/h3-10,23-24,27H,2,11-14,16-19H2,1H3. The zero-order chi connectivity index (χ0) is 24.7.